The Bertz CT molecular complexity index is 849. The fourth-order valence-electron chi connectivity index (χ4n) is 3.41. The van der Waals surface area contributed by atoms with Crippen LogP contribution in [0.2, 0.25) is 0 Å². The second-order valence-corrected chi connectivity index (χ2v) is 5.90. The Morgan fingerprint density at radius 2 is 2.14 bits per heavy atom. The third kappa shape index (κ3) is 1.59. The Kier molecular flexibility index (Phi) is 2.55. The normalized spacial score (nSPS) is 18.0. The average Bonchev–Trinajstić information content (AvgIpc) is 3.21. The van der Waals surface area contributed by atoms with Crippen molar-refractivity contribution >= 4 is 12.0 Å². The molecule has 0 bridgehead atoms. The van der Waals surface area contributed by atoms with Crippen LogP contribution in [0, 0.1) is 11.3 Å². The molecule has 0 unspecified atom stereocenters. The molecule has 108 valence electrons. The van der Waals surface area contributed by atoms with Crippen molar-refractivity contribution in [2.24, 2.45) is 0 Å². The second-order valence-electron chi connectivity index (χ2n) is 5.90. The number of carbonyl (C=O) groups is 1. The summed E-state index contributed by atoms with van der Waals surface area (Å²) in [6, 6.07) is 11.9. The summed E-state index contributed by atoms with van der Waals surface area (Å²) in [5, 5.41) is 8.70. The van der Waals surface area contributed by atoms with Crippen LogP contribution in [0.5, 0.6) is 0 Å². The lowest BCUT2D eigenvalue weighted by Crippen LogP contribution is -2.36. The van der Waals surface area contributed by atoms with Gasteiger partial charge in [0.1, 0.15) is 5.69 Å². The molecular weight excluding hydrogens is 274 g/mol. The first-order chi connectivity index (χ1) is 10.7. The van der Waals surface area contributed by atoms with Crippen LogP contribution in [-0.2, 0) is 5.54 Å². The second kappa shape index (κ2) is 4.35. The van der Waals surface area contributed by atoms with Crippen LogP contribution in [0.3, 0.4) is 0 Å². The molecular formula is C18H15N3O. The maximum Gasteiger partial charge on any atom is 0.271 e. The molecule has 4 rings (SSSR count). The predicted octanol–water partition coefficient (Wildman–Crippen LogP) is 3.09. The number of amides is 1. The minimum Gasteiger partial charge on any atom is -0.331 e. The van der Waals surface area contributed by atoms with E-state index >= 15 is 0 Å². The van der Waals surface area contributed by atoms with Gasteiger partial charge >= 0.3 is 0 Å². The van der Waals surface area contributed by atoms with Crippen molar-refractivity contribution in [2.45, 2.75) is 18.4 Å². The SMILES string of the molecule is CN1C(=O)c2cccn2-c2cc(/C=C/C#N)ccc2C12CC2. The molecule has 2 heterocycles. The highest BCUT2D eigenvalue weighted by Crippen LogP contribution is 2.54. The van der Waals surface area contributed by atoms with Crippen LogP contribution in [0.1, 0.15) is 34.5 Å². The van der Waals surface area contributed by atoms with Crippen LogP contribution in [0.25, 0.3) is 11.8 Å². The van der Waals surface area contributed by atoms with Gasteiger partial charge in [-0.25, -0.2) is 0 Å². The van der Waals surface area contributed by atoms with Crippen LogP contribution in [0.15, 0.2) is 42.6 Å². The number of nitriles is 1. The minimum absolute atomic E-state index is 0.0628. The molecule has 1 spiro atoms. The number of hydrogen-bond donors (Lipinski definition) is 0. The number of aromatic nitrogens is 1. The monoisotopic (exact) mass is 289 g/mol. The van der Waals surface area contributed by atoms with Gasteiger partial charge in [0, 0.05) is 24.9 Å². The van der Waals surface area contributed by atoms with E-state index in [-0.39, 0.29) is 11.4 Å². The summed E-state index contributed by atoms with van der Waals surface area (Å²) in [7, 11) is 1.89. The molecule has 0 saturated heterocycles. The molecule has 4 nitrogen and oxygen atoms in total. The molecule has 2 aromatic rings. The van der Waals surface area contributed by atoms with Gasteiger partial charge in [0.25, 0.3) is 5.91 Å². The lowest BCUT2D eigenvalue weighted by Gasteiger charge is -2.27. The van der Waals surface area contributed by atoms with Crippen LogP contribution in [0.4, 0.5) is 0 Å². The molecule has 0 atom stereocenters. The van der Waals surface area contributed by atoms with E-state index in [4.69, 9.17) is 5.26 Å². The van der Waals surface area contributed by atoms with Gasteiger partial charge in [-0.1, -0.05) is 12.1 Å². The fraction of sp³-hybridized carbons (Fsp3) is 0.222. The van der Waals surface area contributed by atoms with Crippen molar-refractivity contribution in [2.75, 3.05) is 7.05 Å². The summed E-state index contributed by atoms with van der Waals surface area (Å²) < 4.78 is 1.96. The maximum atomic E-state index is 12.7. The van der Waals surface area contributed by atoms with Crippen LogP contribution < -0.4 is 0 Å². The molecule has 1 aliphatic heterocycles. The van der Waals surface area contributed by atoms with Crippen molar-refractivity contribution in [1.82, 2.24) is 9.47 Å². The fourth-order valence-corrected chi connectivity index (χ4v) is 3.41. The molecule has 0 radical (unpaired) electrons. The Hall–Kier alpha value is -2.80. The number of fused-ring (bicyclic) bond motifs is 4. The van der Waals surface area contributed by atoms with E-state index in [0.717, 1.165) is 24.1 Å². The van der Waals surface area contributed by atoms with Crippen molar-refractivity contribution in [3.8, 4) is 11.8 Å². The molecule has 1 aromatic heterocycles. The summed E-state index contributed by atoms with van der Waals surface area (Å²) in [6.45, 7) is 0. The zero-order valence-electron chi connectivity index (χ0n) is 12.3. The average molecular weight is 289 g/mol. The molecule has 1 aromatic carbocycles. The number of allylic oxidation sites excluding steroid dienone is 1. The molecule has 0 N–H and O–H groups in total. The van der Waals surface area contributed by atoms with Crippen LogP contribution >= 0.6 is 0 Å². The summed E-state index contributed by atoms with van der Waals surface area (Å²) in [5.41, 5.74) is 3.72. The van der Waals surface area contributed by atoms with E-state index < -0.39 is 0 Å². The van der Waals surface area contributed by atoms with Crippen molar-refractivity contribution < 1.29 is 4.79 Å². The number of benzene rings is 1. The third-order valence-corrected chi connectivity index (χ3v) is 4.77. The van der Waals surface area contributed by atoms with Crippen molar-refractivity contribution in [3.05, 3.63) is 59.4 Å². The summed E-state index contributed by atoms with van der Waals surface area (Å²) in [5.74, 6) is 0.0628. The van der Waals surface area contributed by atoms with Crippen molar-refractivity contribution in [3.63, 3.8) is 0 Å². The molecule has 1 saturated carbocycles. The molecule has 1 amide bonds. The topological polar surface area (TPSA) is 49.0 Å². The number of carbonyl (C=O) groups excluding carboxylic acids is 1. The van der Waals surface area contributed by atoms with E-state index in [1.54, 1.807) is 6.08 Å². The van der Waals surface area contributed by atoms with Crippen LogP contribution in [-0.4, -0.2) is 22.4 Å². The summed E-state index contributed by atoms with van der Waals surface area (Å²) in [6.07, 6.45) is 7.19. The zero-order chi connectivity index (χ0) is 15.3. The highest BCUT2D eigenvalue weighted by molar-refractivity contribution is 5.95. The first kappa shape index (κ1) is 12.9. The minimum atomic E-state index is -0.164. The van der Waals surface area contributed by atoms with Gasteiger partial charge in [-0.3, -0.25) is 4.79 Å². The van der Waals surface area contributed by atoms with E-state index in [1.165, 1.54) is 11.6 Å². The Labute approximate surface area is 128 Å². The standard InChI is InChI=1S/C18H15N3O/c1-20-17(22)15-5-3-11-21(15)16-12-13(4-2-10-19)6-7-14(16)18(20)8-9-18/h2-7,11-12H,8-9H2,1H3/b4-2+. The first-order valence-electron chi connectivity index (χ1n) is 7.34. The van der Waals surface area contributed by atoms with Gasteiger partial charge in [-0.15, -0.1) is 0 Å². The van der Waals surface area contributed by atoms with Gasteiger partial charge in [0.15, 0.2) is 0 Å². The van der Waals surface area contributed by atoms with Gasteiger partial charge in [0.2, 0.25) is 0 Å². The molecule has 1 fully saturated rings. The molecule has 22 heavy (non-hydrogen) atoms. The van der Waals surface area contributed by atoms with E-state index in [0.29, 0.717) is 5.69 Å². The number of hydrogen-bond acceptors (Lipinski definition) is 2. The van der Waals surface area contributed by atoms with E-state index in [9.17, 15) is 4.79 Å². The summed E-state index contributed by atoms with van der Waals surface area (Å²) >= 11 is 0. The van der Waals surface area contributed by atoms with Gasteiger partial charge in [-0.2, -0.15) is 5.26 Å². The molecule has 2 aliphatic rings. The zero-order valence-corrected chi connectivity index (χ0v) is 12.3. The highest BCUT2D eigenvalue weighted by Gasteiger charge is 2.53. The third-order valence-electron chi connectivity index (χ3n) is 4.77. The Balaban J connectivity index is 1.99. The van der Waals surface area contributed by atoms with Gasteiger partial charge < -0.3 is 9.47 Å². The maximum absolute atomic E-state index is 12.7. The van der Waals surface area contributed by atoms with E-state index in [2.05, 4.69) is 12.1 Å². The first-order valence-corrected chi connectivity index (χ1v) is 7.34. The molecule has 4 heteroatoms. The smallest absolute Gasteiger partial charge is 0.271 e. The Morgan fingerprint density at radius 1 is 1.32 bits per heavy atom. The van der Waals surface area contributed by atoms with Crippen molar-refractivity contribution in [1.29, 1.82) is 5.26 Å². The molecule has 1 aliphatic carbocycles. The highest BCUT2D eigenvalue weighted by atomic mass is 16.2. The predicted molar refractivity (Wildman–Crippen MR) is 83.4 cm³/mol. The number of rotatable bonds is 1. The lowest BCUT2D eigenvalue weighted by atomic mass is 9.99. The van der Waals surface area contributed by atoms with E-state index in [1.807, 2.05) is 47.0 Å². The Morgan fingerprint density at radius 3 is 2.86 bits per heavy atom. The quantitative estimate of drug-likeness (QED) is 0.757. The summed E-state index contributed by atoms with van der Waals surface area (Å²) in [4.78, 5) is 14.6. The number of nitrogens with zero attached hydrogens (tertiary/aromatic N) is 3. The van der Waals surface area contributed by atoms with Gasteiger partial charge in [0.05, 0.1) is 17.3 Å². The van der Waals surface area contributed by atoms with Gasteiger partial charge in [-0.05, 0) is 42.7 Å². The largest absolute Gasteiger partial charge is 0.331 e. The lowest BCUT2D eigenvalue weighted by molar-refractivity contribution is 0.0705.